The normalized spacial score (nSPS) is 11.8. The standard InChI is InChI=1S/C55H33N3/c1-2-15-35(16-3-1)54-47-33-46(38-19-5-7-20-39(38)52(47)53-40-21-8-4-17-36(40)37-18-6-13-26-45(37)55(53)58-54)50-41-22-9-11-24-43(41)51(44-25-12-10-23-42(44)50)49-28-14-27-48(57-49)34-29-31-56-32-30-34/h1-33H. The minimum absolute atomic E-state index is 0.922. The first-order valence-electron chi connectivity index (χ1n) is 19.8. The fourth-order valence-corrected chi connectivity index (χ4v) is 9.47. The third-order valence-corrected chi connectivity index (χ3v) is 11.9. The van der Waals surface area contributed by atoms with Crippen molar-refractivity contribution in [2.75, 3.05) is 0 Å². The summed E-state index contributed by atoms with van der Waals surface area (Å²) in [6.45, 7) is 0. The summed E-state index contributed by atoms with van der Waals surface area (Å²) in [7, 11) is 0. The molecule has 3 heteroatoms. The second kappa shape index (κ2) is 12.9. The molecule has 0 bridgehead atoms. The summed E-state index contributed by atoms with van der Waals surface area (Å²) in [6.07, 6.45) is 3.65. The Hall–Kier alpha value is -7.75. The molecule has 268 valence electrons. The number of pyridine rings is 3. The van der Waals surface area contributed by atoms with E-state index in [4.69, 9.17) is 9.97 Å². The van der Waals surface area contributed by atoms with Crippen LogP contribution in [0.4, 0.5) is 0 Å². The molecule has 12 rings (SSSR count). The Morgan fingerprint density at radius 2 is 0.793 bits per heavy atom. The van der Waals surface area contributed by atoms with Crippen LogP contribution in [0.3, 0.4) is 0 Å². The summed E-state index contributed by atoms with van der Waals surface area (Å²) in [4.78, 5) is 15.2. The van der Waals surface area contributed by atoms with Crippen LogP contribution in [0.1, 0.15) is 0 Å². The van der Waals surface area contributed by atoms with E-state index in [9.17, 15) is 0 Å². The smallest absolute Gasteiger partial charge is 0.0801 e. The molecule has 3 aromatic heterocycles. The van der Waals surface area contributed by atoms with Crippen LogP contribution >= 0.6 is 0 Å². The largest absolute Gasteiger partial charge is 0.265 e. The van der Waals surface area contributed by atoms with Crippen molar-refractivity contribution in [1.29, 1.82) is 0 Å². The van der Waals surface area contributed by atoms with Crippen LogP contribution in [0.15, 0.2) is 200 Å². The molecule has 0 fully saturated rings. The topological polar surface area (TPSA) is 38.7 Å². The second-order valence-electron chi connectivity index (χ2n) is 15.0. The van der Waals surface area contributed by atoms with Gasteiger partial charge in [0.15, 0.2) is 0 Å². The van der Waals surface area contributed by atoms with E-state index in [1.165, 1.54) is 59.6 Å². The molecule has 0 aliphatic rings. The van der Waals surface area contributed by atoms with Gasteiger partial charge in [-0.05, 0) is 89.9 Å². The van der Waals surface area contributed by atoms with Crippen LogP contribution in [-0.2, 0) is 0 Å². The molecular formula is C55H33N3. The van der Waals surface area contributed by atoms with Gasteiger partial charge in [-0.15, -0.1) is 0 Å². The average Bonchev–Trinajstić information content (AvgIpc) is 3.30. The van der Waals surface area contributed by atoms with Gasteiger partial charge in [0.05, 0.1) is 22.6 Å². The average molecular weight is 736 g/mol. The molecule has 0 N–H and O–H groups in total. The lowest BCUT2D eigenvalue weighted by Gasteiger charge is -2.21. The second-order valence-corrected chi connectivity index (χ2v) is 15.0. The monoisotopic (exact) mass is 735 g/mol. The van der Waals surface area contributed by atoms with Crippen LogP contribution in [0, 0.1) is 0 Å². The van der Waals surface area contributed by atoms with E-state index in [-0.39, 0.29) is 0 Å². The third kappa shape index (κ3) is 4.84. The molecule has 0 aliphatic heterocycles. The molecule has 58 heavy (non-hydrogen) atoms. The maximum Gasteiger partial charge on any atom is 0.0801 e. The zero-order chi connectivity index (χ0) is 38.2. The summed E-state index contributed by atoms with van der Waals surface area (Å²) in [5, 5.41) is 15.5. The molecule has 3 nitrogen and oxygen atoms in total. The van der Waals surface area contributed by atoms with E-state index in [1.54, 1.807) is 0 Å². The van der Waals surface area contributed by atoms with Crippen LogP contribution in [0.25, 0.3) is 120 Å². The molecule has 0 radical (unpaired) electrons. The van der Waals surface area contributed by atoms with Gasteiger partial charge >= 0.3 is 0 Å². The van der Waals surface area contributed by atoms with Gasteiger partial charge in [-0.3, -0.25) is 4.98 Å². The molecule has 9 aromatic carbocycles. The molecular weight excluding hydrogens is 703 g/mol. The zero-order valence-corrected chi connectivity index (χ0v) is 31.4. The highest BCUT2D eigenvalue weighted by molar-refractivity contribution is 6.37. The Morgan fingerprint density at radius 3 is 1.45 bits per heavy atom. The van der Waals surface area contributed by atoms with E-state index >= 15 is 0 Å². The fourth-order valence-electron chi connectivity index (χ4n) is 9.47. The van der Waals surface area contributed by atoms with E-state index in [0.29, 0.717) is 0 Å². The molecule has 0 aliphatic carbocycles. The number of nitrogens with zero attached hydrogens (tertiary/aromatic N) is 3. The molecule has 0 unspecified atom stereocenters. The molecule has 0 saturated carbocycles. The van der Waals surface area contributed by atoms with Gasteiger partial charge in [0.25, 0.3) is 0 Å². The predicted octanol–water partition coefficient (Wildman–Crippen LogP) is 14.6. The number of fused-ring (bicyclic) bond motifs is 12. The Labute approximate surface area is 334 Å². The molecule has 0 amide bonds. The van der Waals surface area contributed by atoms with Crippen molar-refractivity contribution in [3.05, 3.63) is 200 Å². The minimum Gasteiger partial charge on any atom is -0.265 e. The molecule has 0 saturated heterocycles. The number of benzene rings is 9. The van der Waals surface area contributed by atoms with Crippen molar-refractivity contribution in [2.24, 2.45) is 0 Å². The van der Waals surface area contributed by atoms with Gasteiger partial charge < -0.3 is 0 Å². The number of aromatic nitrogens is 3. The van der Waals surface area contributed by atoms with Crippen LogP contribution in [-0.4, -0.2) is 15.0 Å². The van der Waals surface area contributed by atoms with Crippen LogP contribution < -0.4 is 0 Å². The summed E-state index contributed by atoms with van der Waals surface area (Å²) >= 11 is 0. The van der Waals surface area contributed by atoms with E-state index in [2.05, 4.69) is 181 Å². The molecule has 0 spiro atoms. The Kier molecular flexibility index (Phi) is 7.23. The lowest BCUT2D eigenvalue weighted by molar-refractivity contribution is 1.29. The summed E-state index contributed by atoms with van der Waals surface area (Å²) in [5.41, 5.74) is 9.54. The SMILES string of the molecule is c1ccc(-c2nc3c4ccccc4c4ccccc4c3c3c2cc(-c2c4ccccc4c(-c4cccc(-c5ccncc5)n4)c4ccccc24)c2ccccc23)cc1. The highest BCUT2D eigenvalue weighted by Crippen LogP contribution is 2.49. The van der Waals surface area contributed by atoms with Crippen molar-refractivity contribution in [1.82, 2.24) is 15.0 Å². The van der Waals surface area contributed by atoms with Crippen molar-refractivity contribution < 1.29 is 0 Å². The molecule has 12 aromatic rings. The van der Waals surface area contributed by atoms with Gasteiger partial charge in [-0.25, -0.2) is 9.97 Å². The lowest BCUT2D eigenvalue weighted by atomic mass is 9.83. The first-order valence-corrected chi connectivity index (χ1v) is 19.8. The Bertz CT molecular complexity index is 3560. The lowest BCUT2D eigenvalue weighted by Crippen LogP contribution is -1.96. The summed E-state index contributed by atoms with van der Waals surface area (Å²) in [6, 6.07) is 67.7. The molecule has 3 heterocycles. The first kappa shape index (κ1) is 32.5. The number of hydrogen-bond acceptors (Lipinski definition) is 3. The highest BCUT2D eigenvalue weighted by atomic mass is 14.7. The third-order valence-electron chi connectivity index (χ3n) is 11.9. The fraction of sp³-hybridized carbons (Fsp3) is 0. The summed E-state index contributed by atoms with van der Waals surface area (Å²) < 4.78 is 0. The van der Waals surface area contributed by atoms with Crippen molar-refractivity contribution in [3.63, 3.8) is 0 Å². The predicted molar refractivity (Wildman–Crippen MR) is 244 cm³/mol. The zero-order valence-electron chi connectivity index (χ0n) is 31.4. The van der Waals surface area contributed by atoms with E-state index < -0.39 is 0 Å². The van der Waals surface area contributed by atoms with E-state index in [0.717, 1.165) is 60.8 Å². The maximum absolute atomic E-state index is 5.69. The van der Waals surface area contributed by atoms with Crippen molar-refractivity contribution in [3.8, 4) is 44.9 Å². The van der Waals surface area contributed by atoms with Crippen LogP contribution in [0.5, 0.6) is 0 Å². The van der Waals surface area contributed by atoms with Crippen LogP contribution in [0.2, 0.25) is 0 Å². The first-order chi connectivity index (χ1) is 28.8. The number of hydrogen-bond donors (Lipinski definition) is 0. The van der Waals surface area contributed by atoms with Crippen molar-refractivity contribution in [2.45, 2.75) is 0 Å². The van der Waals surface area contributed by atoms with Gasteiger partial charge in [-0.1, -0.05) is 158 Å². The Morgan fingerprint density at radius 1 is 0.293 bits per heavy atom. The van der Waals surface area contributed by atoms with E-state index in [1.807, 2.05) is 24.5 Å². The highest BCUT2D eigenvalue weighted by Gasteiger charge is 2.23. The number of rotatable bonds is 4. The van der Waals surface area contributed by atoms with Gasteiger partial charge in [0, 0.05) is 50.6 Å². The van der Waals surface area contributed by atoms with Gasteiger partial charge in [-0.2, -0.15) is 0 Å². The van der Waals surface area contributed by atoms with Gasteiger partial charge in [0.1, 0.15) is 0 Å². The summed E-state index contributed by atoms with van der Waals surface area (Å²) in [5.74, 6) is 0. The van der Waals surface area contributed by atoms with Crippen molar-refractivity contribution >= 4 is 75.5 Å². The quantitative estimate of drug-likeness (QED) is 0.133. The van der Waals surface area contributed by atoms with Gasteiger partial charge in [0.2, 0.25) is 0 Å². The molecule has 0 atom stereocenters. The maximum atomic E-state index is 5.69. The Balaban J connectivity index is 1.26. The minimum atomic E-state index is 0.922.